The van der Waals surface area contributed by atoms with Crippen molar-refractivity contribution in [3.8, 4) is 11.1 Å². The van der Waals surface area contributed by atoms with Gasteiger partial charge in [-0.25, -0.2) is 4.79 Å². The van der Waals surface area contributed by atoms with Crippen molar-refractivity contribution in [3.63, 3.8) is 0 Å². The lowest BCUT2D eigenvalue weighted by atomic mass is 9.98. The molecule has 170 valence electrons. The fraction of sp³-hybridized carbons (Fsp3) is 0.423. The minimum Gasteiger partial charge on any atom is -0.481 e. The minimum absolute atomic E-state index is 0.0228. The number of carboxylic acids is 1. The van der Waals surface area contributed by atoms with E-state index in [0.717, 1.165) is 6.42 Å². The van der Waals surface area contributed by atoms with Crippen LogP contribution in [0.5, 0.6) is 0 Å². The van der Waals surface area contributed by atoms with Crippen molar-refractivity contribution in [2.45, 2.75) is 12.3 Å². The van der Waals surface area contributed by atoms with E-state index in [4.69, 9.17) is 9.84 Å². The molecule has 2 aromatic rings. The van der Waals surface area contributed by atoms with Gasteiger partial charge >= 0.3 is 12.1 Å². The van der Waals surface area contributed by atoms with E-state index >= 15 is 0 Å². The van der Waals surface area contributed by atoms with Crippen molar-refractivity contribution in [3.05, 3.63) is 59.7 Å². The van der Waals surface area contributed by atoms with Gasteiger partial charge in [-0.1, -0.05) is 48.5 Å². The summed E-state index contributed by atoms with van der Waals surface area (Å²) in [5.74, 6) is -0.566. The number of nitrogens with zero attached hydrogens (tertiary/aromatic N) is 1. The molecule has 0 bridgehead atoms. The molecule has 1 heterocycles. The van der Waals surface area contributed by atoms with Gasteiger partial charge in [-0.05, 0) is 46.4 Å². The zero-order valence-electron chi connectivity index (χ0n) is 18.1. The topological polar surface area (TPSA) is 95.9 Å². The van der Waals surface area contributed by atoms with E-state index in [-0.39, 0.29) is 48.0 Å². The van der Waals surface area contributed by atoms with Gasteiger partial charge in [0.05, 0.1) is 5.92 Å². The van der Waals surface area contributed by atoms with Crippen LogP contribution in [0.1, 0.15) is 23.5 Å². The molecule has 3 fully saturated rings. The van der Waals surface area contributed by atoms with Crippen LogP contribution in [0.15, 0.2) is 48.5 Å². The summed E-state index contributed by atoms with van der Waals surface area (Å²) in [5, 5.41) is 11.9. The van der Waals surface area contributed by atoms with Crippen LogP contribution in [0.4, 0.5) is 4.79 Å². The molecular formula is C26H26N2O5. The van der Waals surface area contributed by atoms with Gasteiger partial charge in [-0.3, -0.25) is 9.59 Å². The summed E-state index contributed by atoms with van der Waals surface area (Å²) in [6.45, 7) is 1.81. The van der Waals surface area contributed by atoms with Crippen LogP contribution >= 0.6 is 0 Å². The Morgan fingerprint density at radius 1 is 0.970 bits per heavy atom. The van der Waals surface area contributed by atoms with E-state index < -0.39 is 12.1 Å². The number of benzene rings is 2. The minimum atomic E-state index is -0.742. The number of alkyl carbamates (subject to hydrolysis) is 1. The standard InChI is InChI=1S/C26H26N2O5/c29-24(28-11-20-21(12-28)23(20)25(30)31)19-9-14(19)10-27-26(32)33-13-22-17-7-3-1-5-15(17)16-6-2-4-8-18(16)22/h1-8,14,19-23H,9-13H2,(H,27,32)(H,30,31)/t14-,19-,20-,21+,23?/m0/s1. The van der Waals surface area contributed by atoms with Crippen LogP contribution in [0, 0.1) is 29.6 Å². The Balaban J connectivity index is 0.976. The third kappa shape index (κ3) is 3.46. The van der Waals surface area contributed by atoms with Gasteiger partial charge in [0.1, 0.15) is 6.61 Å². The first-order chi connectivity index (χ1) is 16.0. The predicted molar refractivity (Wildman–Crippen MR) is 119 cm³/mol. The zero-order chi connectivity index (χ0) is 22.7. The lowest BCUT2D eigenvalue weighted by Gasteiger charge is -2.19. The lowest BCUT2D eigenvalue weighted by Crippen LogP contribution is -2.35. The van der Waals surface area contributed by atoms with E-state index in [9.17, 15) is 14.4 Å². The Hall–Kier alpha value is -3.35. The quantitative estimate of drug-likeness (QED) is 0.711. The Labute approximate surface area is 191 Å². The van der Waals surface area contributed by atoms with Crippen molar-refractivity contribution in [1.82, 2.24) is 10.2 Å². The number of amides is 2. The van der Waals surface area contributed by atoms with Gasteiger partial charge < -0.3 is 20.1 Å². The molecule has 7 heteroatoms. The fourth-order valence-corrected chi connectivity index (χ4v) is 5.95. The lowest BCUT2D eigenvalue weighted by molar-refractivity contribution is -0.141. The maximum Gasteiger partial charge on any atom is 0.407 e. The number of rotatable bonds is 6. The molecule has 1 aliphatic heterocycles. The highest BCUT2D eigenvalue weighted by molar-refractivity contribution is 5.83. The first-order valence-electron chi connectivity index (χ1n) is 11.6. The zero-order valence-corrected chi connectivity index (χ0v) is 18.1. The molecule has 0 radical (unpaired) electrons. The highest BCUT2D eigenvalue weighted by Crippen LogP contribution is 2.53. The summed E-state index contributed by atoms with van der Waals surface area (Å²) in [5.41, 5.74) is 4.73. The Kier molecular flexibility index (Phi) is 4.67. The Morgan fingerprint density at radius 3 is 2.18 bits per heavy atom. The summed E-state index contributed by atoms with van der Waals surface area (Å²) in [7, 11) is 0. The molecule has 0 spiro atoms. The smallest absolute Gasteiger partial charge is 0.407 e. The van der Waals surface area contributed by atoms with E-state index in [1.807, 2.05) is 29.2 Å². The number of carboxylic acid groups (broad SMARTS) is 1. The second-order valence-electron chi connectivity index (χ2n) is 9.74. The average Bonchev–Trinajstić information content (AvgIpc) is 3.67. The van der Waals surface area contributed by atoms with Crippen LogP contribution < -0.4 is 5.32 Å². The van der Waals surface area contributed by atoms with E-state index in [0.29, 0.717) is 19.6 Å². The molecule has 33 heavy (non-hydrogen) atoms. The second kappa shape index (κ2) is 7.61. The molecule has 1 saturated heterocycles. The molecule has 6 rings (SSSR count). The second-order valence-corrected chi connectivity index (χ2v) is 9.74. The average molecular weight is 447 g/mol. The number of fused-ring (bicyclic) bond motifs is 4. The fourth-order valence-electron chi connectivity index (χ4n) is 5.95. The summed E-state index contributed by atoms with van der Waals surface area (Å²) < 4.78 is 5.57. The predicted octanol–water partition coefficient (Wildman–Crippen LogP) is 2.95. The van der Waals surface area contributed by atoms with Crippen LogP contribution in [0.2, 0.25) is 0 Å². The molecule has 5 atom stereocenters. The normalized spacial score (nSPS) is 28.5. The van der Waals surface area contributed by atoms with E-state index in [1.54, 1.807) is 0 Å². The van der Waals surface area contributed by atoms with Crippen LogP contribution in [0.3, 0.4) is 0 Å². The number of ether oxygens (including phenoxy) is 1. The first kappa shape index (κ1) is 20.3. The van der Waals surface area contributed by atoms with Gasteiger partial charge in [0.2, 0.25) is 5.91 Å². The molecule has 2 amide bonds. The number of nitrogens with one attached hydrogen (secondary N) is 1. The summed E-state index contributed by atoms with van der Waals surface area (Å²) in [6.07, 6.45) is 0.304. The molecule has 7 nitrogen and oxygen atoms in total. The largest absolute Gasteiger partial charge is 0.481 e. The maximum absolute atomic E-state index is 12.7. The van der Waals surface area contributed by atoms with Gasteiger partial charge in [0.25, 0.3) is 0 Å². The van der Waals surface area contributed by atoms with E-state index in [2.05, 4.69) is 29.6 Å². The molecule has 2 N–H and O–H groups in total. The highest BCUT2D eigenvalue weighted by atomic mass is 16.5. The summed E-state index contributed by atoms with van der Waals surface area (Å²) >= 11 is 0. The van der Waals surface area contributed by atoms with Gasteiger partial charge in [-0.2, -0.15) is 0 Å². The molecule has 2 saturated carbocycles. The van der Waals surface area contributed by atoms with Crippen molar-refractivity contribution < 1.29 is 24.2 Å². The number of likely N-dealkylation sites (tertiary alicyclic amines) is 1. The Morgan fingerprint density at radius 2 is 1.58 bits per heavy atom. The number of carbonyl (C=O) groups is 3. The van der Waals surface area contributed by atoms with Crippen molar-refractivity contribution in [2.75, 3.05) is 26.2 Å². The number of hydrogen-bond acceptors (Lipinski definition) is 4. The molecule has 1 unspecified atom stereocenters. The van der Waals surface area contributed by atoms with Gasteiger partial charge in [0.15, 0.2) is 0 Å². The third-order valence-electron chi connectivity index (χ3n) is 7.88. The SMILES string of the molecule is O=C(NC[C@@H]1C[C@@H]1C(=O)N1C[C@@H]2C(C(=O)O)[C@@H]2C1)OCC1c2ccccc2-c2ccccc21. The molecule has 0 aromatic heterocycles. The van der Waals surface area contributed by atoms with Gasteiger partial charge in [0, 0.05) is 31.5 Å². The number of aliphatic carboxylic acids is 1. The molecule has 4 aliphatic rings. The van der Waals surface area contributed by atoms with Crippen molar-refractivity contribution in [2.24, 2.45) is 29.6 Å². The number of carbonyl (C=O) groups excluding carboxylic acids is 2. The monoisotopic (exact) mass is 446 g/mol. The molecule has 2 aromatic carbocycles. The van der Waals surface area contributed by atoms with Crippen molar-refractivity contribution >= 4 is 18.0 Å². The van der Waals surface area contributed by atoms with Gasteiger partial charge in [-0.15, -0.1) is 0 Å². The van der Waals surface area contributed by atoms with Crippen molar-refractivity contribution in [1.29, 1.82) is 0 Å². The molecular weight excluding hydrogens is 420 g/mol. The Bertz CT molecular complexity index is 1090. The van der Waals surface area contributed by atoms with Crippen LogP contribution in [-0.2, 0) is 14.3 Å². The highest BCUT2D eigenvalue weighted by Gasteiger charge is 2.61. The molecule has 3 aliphatic carbocycles. The first-order valence-corrected chi connectivity index (χ1v) is 11.6. The number of hydrogen-bond donors (Lipinski definition) is 2. The summed E-state index contributed by atoms with van der Waals surface area (Å²) in [4.78, 5) is 37.9. The maximum atomic E-state index is 12.7. The van der Waals surface area contributed by atoms with Crippen LogP contribution in [-0.4, -0.2) is 54.2 Å². The third-order valence-corrected chi connectivity index (χ3v) is 7.88. The van der Waals surface area contributed by atoms with Crippen LogP contribution in [0.25, 0.3) is 11.1 Å². The summed E-state index contributed by atoms with van der Waals surface area (Å²) in [6, 6.07) is 16.4. The number of piperidine rings is 1. The van der Waals surface area contributed by atoms with E-state index in [1.165, 1.54) is 22.3 Å².